The van der Waals surface area contributed by atoms with Crippen LogP contribution in [0.2, 0.25) is 0 Å². The summed E-state index contributed by atoms with van der Waals surface area (Å²) in [5.41, 5.74) is 1.39. The van der Waals surface area contributed by atoms with Crippen molar-refractivity contribution >= 4 is 23.1 Å². The molecule has 0 aliphatic rings. The summed E-state index contributed by atoms with van der Waals surface area (Å²) in [6.45, 7) is 6.17. The van der Waals surface area contributed by atoms with Crippen LogP contribution >= 0.6 is 0 Å². The number of hydrogen-bond donors (Lipinski definition) is 2. The number of rotatable bonds is 11. The summed E-state index contributed by atoms with van der Waals surface area (Å²) in [6, 6.07) is 14.5. The fraction of sp³-hybridized carbons (Fsp3) is 0.385. The third-order valence-electron chi connectivity index (χ3n) is 5.40. The maximum atomic E-state index is 13.6. The smallest absolute Gasteiger partial charge is 0.421 e. The van der Waals surface area contributed by atoms with Crippen LogP contribution in [0, 0.1) is 0 Å². The van der Waals surface area contributed by atoms with Crippen molar-refractivity contribution in [3.8, 4) is 5.75 Å². The van der Waals surface area contributed by atoms with Gasteiger partial charge in [-0.2, -0.15) is 18.2 Å². The monoisotopic (exact) mass is 472 g/mol. The van der Waals surface area contributed by atoms with Gasteiger partial charge in [-0.15, -0.1) is 0 Å². The van der Waals surface area contributed by atoms with E-state index in [2.05, 4.69) is 27.5 Å². The van der Waals surface area contributed by atoms with Crippen LogP contribution in [0.4, 0.5) is 36.3 Å². The van der Waals surface area contributed by atoms with Crippen LogP contribution in [0.25, 0.3) is 0 Å². The summed E-state index contributed by atoms with van der Waals surface area (Å²) in [6.07, 6.45) is 1.51. The molecule has 34 heavy (non-hydrogen) atoms. The maximum Gasteiger partial charge on any atom is 0.421 e. The maximum absolute atomic E-state index is 13.6. The second-order valence-corrected chi connectivity index (χ2v) is 8.22. The number of aryl methyl sites for hydroxylation is 1. The Kier molecular flexibility index (Phi) is 8.73. The number of nitrogens with zero attached hydrogens (tertiary/aromatic N) is 2. The van der Waals surface area contributed by atoms with Crippen LogP contribution in [-0.2, 0) is 12.6 Å². The third-order valence-corrected chi connectivity index (χ3v) is 5.40. The Bertz CT molecular complexity index is 1040. The summed E-state index contributed by atoms with van der Waals surface area (Å²) in [4.78, 5) is 7.98. The first-order valence-corrected chi connectivity index (χ1v) is 11.6. The number of aromatic nitrogens is 2. The van der Waals surface area contributed by atoms with E-state index in [9.17, 15) is 13.2 Å². The minimum absolute atomic E-state index is 0.0577. The molecule has 0 saturated carbocycles. The van der Waals surface area contributed by atoms with E-state index in [1.54, 1.807) is 36.4 Å². The molecule has 0 spiro atoms. The SMILES string of the molecule is CCCCCc1ccc(Nc2nc(Nc3ccc(OC(C)CC)cc3)ncc2C(F)(F)F)cc1. The lowest BCUT2D eigenvalue weighted by atomic mass is 10.1. The molecule has 1 aromatic heterocycles. The number of unbranched alkanes of at least 4 members (excludes halogenated alkanes) is 2. The Morgan fingerprint density at radius 3 is 2.18 bits per heavy atom. The normalized spacial score (nSPS) is 12.3. The van der Waals surface area contributed by atoms with Gasteiger partial charge in [0.05, 0.1) is 6.10 Å². The molecule has 182 valence electrons. The minimum Gasteiger partial charge on any atom is -0.491 e. The summed E-state index contributed by atoms with van der Waals surface area (Å²) < 4.78 is 46.5. The first-order valence-electron chi connectivity index (χ1n) is 11.6. The summed E-state index contributed by atoms with van der Waals surface area (Å²) in [5.74, 6) is 0.469. The van der Waals surface area contributed by atoms with Crippen LogP contribution < -0.4 is 15.4 Å². The molecule has 5 nitrogen and oxygen atoms in total. The van der Waals surface area contributed by atoms with E-state index < -0.39 is 11.7 Å². The molecular weight excluding hydrogens is 441 g/mol. The van der Waals surface area contributed by atoms with E-state index in [1.165, 1.54) is 0 Å². The van der Waals surface area contributed by atoms with Crippen molar-refractivity contribution in [2.75, 3.05) is 10.6 Å². The highest BCUT2D eigenvalue weighted by Crippen LogP contribution is 2.35. The van der Waals surface area contributed by atoms with E-state index in [0.717, 1.165) is 43.9 Å². The molecule has 2 N–H and O–H groups in total. The van der Waals surface area contributed by atoms with Crippen molar-refractivity contribution in [3.05, 3.63) is 65.9 Å². The molecule has 1 heterocycles. The van der Waals surface area contributed by atoms with Gasteiger partial charge in [0.1, 0.15) is 17.1 Å². The highest BCUT2D eigenvalue weighted by atomic mass is 19.4. The minimum atomic E-state index is -4.59. The predicted octanol–water partition coefficient (Wildman–Crippen LogP) is 7.89. The predicted molar refractivity (Wildman–Crippen MR) is 130 cm³/mol. The molecule has 1 atom stereocenters. The molecule has 0 amide bonds. The van der Waals surface area contributed by atoms with Crippen LogP contribution in [-0.4, -0.2) is 16.1 Å². The number of anilines is 4. The van der Waals surface area contributed by atoms with Gasteiger partial charge in [-0.25, -0.2) is 4.98 Å². The topological polar surface area (TPSA) is 59.1 Å². The zero-order valence-electron chi connectivity index (χ0n) is 19.7. The Hall–Kier alpha value is -3.29. The molecule has 0 fully saturated rings. The lowest BCUT2D eigenvalue weighted by Crippen LogP contribution is -2.12. The van der Waals surface area contributed by atoms with Gasteiger partial charge >= 0.3 is 6.18 Å². The van der Waals surface area contributed by atoms with Gasteiger partial charge < -0.3 is 15.4 Å². The van der Waals surface area contributed by atoms with Gasteiger partial charge in [0.15, 0.2) is 0 Å². The van der Waals surface area contributed by atoms with Crippen molar-refractivity contribution in [1.82, 2.24) is 9.97 Å². The van der Waals surface area contributed by atoms with Crippen LogP contribution in [0.15, 0.2) is 54.7 Å². The van der Waals surface area contributed by atoms with Gasteiger partial charge in [-0.3, -0.25) is 0 Å². The molecule has 0 aliphatic heterocycles. The van der Waals surface area contributed by atoms with Gasteiger partial charge in [-0.1, -0.05) is 38.8 Å². The lowest BCUT2D eigenvalue weighted by Gasteiger charge is -2.16. The molecule has 1 unspecified atom stereocenters. The van der Waals surface area contributed by atoms with E-state index in [1.807, 2.05) is 26.0 Å². The Morgan fingerprint density at radius 2 is 1.56 bits per heavy atom. The van der Waals surface area contributed by atoms with Crippen LogP contribution in [0.1, 0.15) is 57.6 Å². The zero-order valence-corrected chi connectivity index (χ0v) is 19.7. The highest BCUT2D eigenvalue weighted by molar-refractivity contribution is 5.63. The summed E-state index contributed by atoms with van der Waals surface area (Å²) in [7, 11) is 0. The number of hydrogen-bond acceptors (Lipinski definition) is 5. The fourth-order valence-electron chi connectivity index (χ4n) is 3.28. The Labute approximate surface area is 198 Å². The molecule has 0 saturated heterocycles. The number of nitrogens with one attached hydrogen (secondary N) is 2. The molecule has 3 rings (SSSR count). The Balaban J connectivity index is 1.76. The number of alkyl halides is 3. The lowest BCUT2D eigenvalue weighted by molar-refractivity contribution is -0.137. The van der Waals surface area contributed by atoms with Gasteiger partial charge in [0.25, 0.3) is 0 Å². The summed E-state index contributed by atoms with van der Waals surface area (Å²) >= 11 is 0. The van der Waals surface area contributed by atoms with Gasteiger partial charge in [-0.05, 0) is 68.1 Å². The van der Waals surface area contributed by atoms with Crippen molar-refractivity contribution in [3.63, 3.8) is 0 Å². The average Bonchev–Trinajstić information content (AvgIpc) is 2.81. The molecule has 0 radical (unpaired) electrons. The highest BCUT2D eigenvalue weighted by Gasteiger charge is 2.35. The Morgan fingerprint density at radius 1 is 0.912 bits per heavy atom. The van der Waals surface area contributed by atoms with Crippen molar-refractivity contribution < 1.29 is 17.9 Å². The standard InChI is InChI=1S/C26H31F3N4O/c1-4-6-7-8-19-9-11-20(12-10-19)31-24-23(26(27,28)29)17-30-25(33-24)32-21-13-15-22(16-14-21)34-18(3)5-2/h9-18H,4-8H2,1-3H3,(H2,30,31,32,33). The summed E-state index contributed by atoms with van der Waals surface area (Å²) in [5, 5.41) is 5.76. The first kappa shape index (κ1) is 25.3. The third kappa shape index (κ3) is 7.37. The van der Waals surface area contributed by atoms with Gasteiger partial charge in [0, 0.05) is 17.6 Å². The van der Waals surface area contributed by atoms with Gasteiger partial charge in [0.2, 0.25) is 5.95 Å². The number of ether oxygens (including phenoxy) is 1. The van der Waals surface area contributed by atoms with Crippen molar-refractivity contribution in [1.29, 1.82) is 0 Å². The second kappa shape index (κ2) is 11.7. The van der Waals surface area contributed by atoms with Crippen molar-refractivity contribution in [2.24, 2.45) is 0 Å². The average molecular weight is 473 g/mol. The quantitative estimate of drug-likeness (QED) is 0.278. The molecule has 3 aromatic rings. The molecule has 0 aliphatic carbocycles. The van der Waals surface area contributed by atoms with E-state index in [4.69, 9.17) is 4.74 Å². The molecule has 0 bridgehead atoms. The van der Waals surface area contributed by atoms with E-state index in [-0.39, 0.29) is 17.9 Å². The number of halogens is 3. The van der Waals surface area contributed by atoms with E-state index >= 15 is 0 Å². The zero-order chi connectivity index (χ0) is 24.6. The van der Waals surface area contributed by atoms with E-state index in [0.29, 0.717) is 17.1 Å². The molecule has 8 heteroatoms. The van der Waals surface area contributed by atoms with Crippen molar-refractivity contribution in [2.45, 2.75) is 65.2 Å². The molecular formula is C26H31F3N4O. The fourth-order valence-corrected chi connectivity index (χ4v) is 3.28. The molecule has 2 aromatic carbocycles. The number of benzene rings is 2. The largest absolute Gasteiger partial charge is 0.491 e. The second-order valence-electron chi connectivity index (χ2n) is 8.22. The first-order chi connectivity index (χ1) is 16.3. The van der Waals surface area contributed by atoms with Crippen LogP contribution in [0.5, 0.6) is 5.75 Å². The van der Waals surface area contributed by atoms with Crippen LogP contribution in [0.3, 0.4) is 0 Å².